The molecule has 0 N–H and O–H groups in total. The van der Waals surface area contributed by atoms with Crippen molar-refractivity contribution >= 4 is 21.6 Å². The molecule has 0 amide bonds. The summed E-state index contributed by atoms with van der Waals surface area (Å²) >= 11 is 1.70. The van der Waals surface area contributed by atoms with Gasteiger partial charge in [-0.25, -0.2) is 9.67 Å². The molecule has 2 aromatic carbocycles. The molecule has 9 heteroatoms. The van der Waals surface area contributed by atoms with E-state index in [0.717, 1.165) is 67.5 Å². The minimum atomic E-state index is -0.220. The van der Waals surface area contributed by atoms with Gasteiger partial charge in [-0.1, -0.05) is 24.3 Å². The van der Waals surface area contributed by atoms with E-state index in [1.165, 1.54) is 10.3 Å². The van der Waals surface area contributed by atoms with E-state index >= 15 is 0 Å². The number of morpholine rings is 1. The number of thiazole rings is 1. The van der Waals surface area contributed by atoms with Gasteiger partial charge >= 0.3 is 0 Å². The van der Waals surface area contributed by atoms with Crippen LogP contribution < -0.4 is 9.47 Å². The lowest BCUT2D eigenvalue weighted by molar-refractivity contribution is 0.0383. The van der Waals surface area contributed by atoms with Crippen LogP contribution in [-0.4, -0.2) is 71.9 Å². The molecule has 0 spiro atoms. The molecule has 1 aliphatic heterocycles. The zero-order chi connectivity index (χ0) is 24.2. The summed E-state index contributed by atoms with van der Waals surface area (Å²) in [5.41, 5.74) is 4.29. The minimum Gasteiger partial charge on any atom is -0.493 e. The first-order valence-electron chi connectivity index (χ1n) is 12.0. The van der Waals surface area contributed by atoms with Crippen LogP contribution in [-0.2, 0) is 17.6 Å². The van der Waals surface area contributed by atoms with E-state index in [0.29, 0.717) is 11.5 Å². The van der Waals surface area contributed by atoms with Gasteiger partial charge in [0.25, 0.3) is 0 Å². The van der Waals surface area contributed by atoms with E-state index in [-0.39, 0.29) is 6.04 Å². The Morgan fingerprint density at radius 3 is 2.66 bits per heavy atom. The molecule has 1 aliphatic rings. The van der Waals surface area contributed by atoms with E-state index in [4.69, 9.17) is 19.2 Å². The maximum absolute atomic E-state index is 5.60. The monoisotopic (exact) mass is 493 g/mol. The third-order valence-corrected chi connectivity index (χ3v) is 7.52. The van der Waals surface area contributed by atoms with Crippen LogP contribution >= 0.6 is 11.3 Å². The zero-order valence-corrected chi connectivity index (χ0v) is 21.3. The minimum absolute atomic E-state index is 0.220. The fourth-order valence-corrected chi connectivity index (χ4v) is 5.56. The summed E-state index contributed by atoms with van der Waals surface area (Å²) in [7, 11) is 3.30. The number of nitrogens with zero attached hydrogens (tertiary/aromatic N) is 5. The van der Waals surface area contributed by atoms with Gasteiger partial charge in [-0.05, 0) is 41.8 Å². The predicted octanol–water partition coefficient (Wildman–Crippen LogP) is 3.98. The number of aromatic nitrogens is 4. The lowest BCUT2D eigenvalue weighted by Gasteiger charge is -2.25. The average molecular weight is 494 g/mol. The number of benzene rings is 2. The highest BCUT2D eigenvalue weighted by Crippen LogP contribution is 2.37. The van der Waals surface area contributed by atoms with Gasteiger partial charge < -0.3 is 14.2 Å². The molecule has 1 fully saturated rings. The van der Waals surface area contributed by atoms with Crippen LogP contribution in [0.15, 0.2) is 42.6 Å². The van der Waals surface area contributed by atoms with Gasteiger partial charge in [-0.15, -0.1) is 16.4 Å². The highest BCUT2D eigenvalue weighted by atomic mass is 32.1. The molecule has 0 radical (unpaired) electrons. The molecular formula is C26H31N5O3S. The molecule has 1 unspecified atom stereocenters. The summed E-state index contributed by atoms with van der Waals surface area (Å²) in [5, 5.41) is 10.0. The Morgan fingerprint density at radius 2 is 1.89 bits per heavy atom. The number of hydrogen-bond donors (Lipinski definition) is 0. The Balaban J connectivity index is 1.50. The molecule has 35 heavy (non-hydrogen) atoms. The first-order chi connectivity index (χ1) is 17.2. The number of methoxy groups -OCH3 is 2. The predicted molar refractivity (Wildman–Crippen MR) is 137 cm³/mol. The summed E-state index contributed by atoms with van der Waals surface area (Å²) in [4.78, 5) is 7.41. The molecular weight excluding hydrogens is 462 g/mol. The van der Waals surface area contributed by atoms with Crippen molar-refractivity contribution in [3.8, 4) is 11.5 Å². The van der Waals surface area contributed by atoms with Crippen molar-refractivity contribution in [3.63, 3.8) is 0 Å². The normalized spacial score (nSPS) is 15.4. The number of fused-ring (bicyclic) bond motifs is 1. The van der Waals surface area contributed by atoms with Crippen LogP contribution in [0, 0.1) is 0 Å². The lowest BCUT2D eigenvalue weighted by atomic mass is 10.1. The van der Waals surface area contributed by atoms with Crippen molar-refractivity contribution in [1.82, 2.24) is 24.9 Å². The summed E-state index contributed by atoms with van der Waals surface area (Å²) < 4.78 is 19.6. The molecule has 3 heterocycles. The lowest BCUT2D eigenvalue weighted by Crippen LogP contribution is -2.37. The number of hydrogen-bond acceptors (Lipinski definition) is 8. The average Bonchev–Trinajstić information content (AvgIpc) is 3.54. The molecule has 0 saturated carbocycles. The van der Waals surface area contributed by atoms with Crippen molar-refractivity contribution in [3.05, 3.63) is 64.4 Å². The molecule has 8 nitrogen and oxygen atoms in total. The van der Waals surface area contributed by atoms with Gasteiger partial charge in [-0.3, -0.25) is 4.90 Å². The maximum atomic E-state index is 5.60. The van der Waals surface area contributed by atoms with E-state index in [9.17, 15) is 0 Å². The molecule has 2 aromatic heterocycles. The number of aryl methyl sites for hydroxylation is 1. The van der Waals surface area contributed by atoms with Crippen molar-refractivity contribution in [1.29, 1.82) is 0 Å². The fraction of sp³-hybridized carbons (Fsp3) is 0.423. The summed E-state index contributed by atoms with van der Waals surface area (Å²) in [6.45, 7) is 6.64. The molecule has 1 atom stereocenters. The third-order valence-electron chi connectivity index (χ3n) is 6.45. The van der Waals surface area contributed by atoms with Gasteiger partial charge in [-0.2, -0.15) is 0 Å². The van der Waals surface area contributed by atoms with Gasteiger partial charge in [0, 0.05) is 32.3 Å². The number of ether oxygens (including phenoxy) is 3. The van der Waals surface area contributed by atoms with Crippen LogP contribution in [0.25, 0.3) is 10.2 Å². The summed E-state index contributed by atoms with van der Waals surface area (Å²) in [5.74, 6) is 1.37. The van der Waals surface area contributed by atoms with Crippen LogP contribution in [0.4, 0.5) is 0 Å². The largest absolute Gasteiger partial charge is 0.493 e. The number of rotatable bonds is 9. The van der Waals surface area contributed by atoms with Crippen LogP contribution in [0.2, 0.25) is 0 Å². The Morgan fingerprint density at radius 1 is 1.06 bits per heavy atom. The highest BCUT2D eigenvalue weighted by molar-refractivity contribution is 7.18. The zero-order valence-electron chi connectivity index (χ0n) is 20.4. The molecule has 0 bridgehead atoms. The second kappa shape index (κ2) is 10.7. The Labute approximate surface area is 209 Å². The van der Waals surface area contributed by atoms with Crippen molar-refractivity contribution in [2.45, 2.75) is 25.8 Å². The molecule has 184 valence electrons. The van der Waals surface area contributed by atoms with Crippen molar-refractivity contribution in [2.24, 2.45) is 0 Å². The van der Waals surface area contributed by atoms with Gasteiger partial charge in [0.2, 0.25) is 0 Å². The highest BCUT2D eigenvalue weighted by Gasteiger charge is 2.24. The summed E-state index contributed by atoms with van der Waals surface area (Å²) in [6, 6.07) is 12.2. The SMILES string of the molecule is CCc1ccc2nc(C(c3ccc(OC)c(OC)c3)n3cc(CCN4CCOCC4)nn3)sc2c1. The molecule has 4 aromatic rings. The van der Waals surface area contributed by atoms with Gasteiger partial charge in [0.1, 0.15) is 11.0 Å². The van der Waals surface area contributed by atoms with Crippen LogP contribution in [0.5, 0.6) is 11.5 Å². The smallest absolute Gasteiger partial charge is 0.161 e. The van der Waals surface area contributed by atoms with Crippen LogP contribution in [0.3, 0.4) is 0 Å². The standard InChI is InChI=1S/C26H31N5O3S/c1-4-18-5-7-21-24(15-18)35-26(27-21)25(19-6-8-22(32-2)23(16-19)33-3)31-17-20(28-29-31)9-10-30-11-13-34-14-12-30/h5-8,15-17,25H,4,9-14H2,1-3H3. The molecule has 5 rings (SSSR count). The Bertz CT molecular complexity index is 1280. The third kappa shape index (κ3) is 5.17. The van der Waals surface area contributed by atoms with Crippen LogP contribution in [0.1, 0.15) is 34.8 Å². The fourth-order valence-electron chi connectivity index (χ4n) is 4.41. The first-order valence-corrected chi connectivity index (χ1v) is 12.8. The van der Waals surface area contributed by atoms with E-state index in [1.54, 1.807) is 25.6 Å². The van der Waals surface area contributed by atoms with Gasteiger partial charge in [0.05, 0.1) is 43.3 Å². The topological polar surface area (TPSA) is 74.5 Å². The Kier molecular flexibility index (Phi) is 7.26. The molecule has 0 aliphatic carbocycles. The first kappa shape index (κ1) is 23.7. The van der Waals surface area contributed by atoms with Gasteiger partial charge in [0.15, 0.2) is 11.5 Å². The van der Waals surface area contributed by atoms with Crippen molar-refractivity contribution in [2.75, 3.05) is 47.1 Å². The van der Waals surface area contributed by atoms with E-state index in [1.807, 2.05) is 29.1 Å². The van der Waals surface area contributed by atoms with E-state index in [2.05, 4.69) is 40.3 Å². The van der Waals surface area contributed by atoms with E-state index < -0.39 is 0 Å². The second-order valence-electron chi connectivity index (χ2n) is 8.62. The quantitative estimate of drug-likeness (QED) is 0.349. The molecule has 1 saturated heterocycles. The maximum Gasteiger partial charge on any atom is 0.161 e. The second-order valence-corrected chi connectivity index (χ2v) is 9.68. The summed E-state index contributed by atoms with van der Waals surface area (Å²) in [6.07, 6.45) is 3.89. The Hall–Kier alpha value is -3.01. The van der Waals surface area contributed by atoms with Crippen molar-refractivity contribution < 1.29 is 14.2 Å².